The second kappa shape index (κ2) is 5.49. The van der Waals surface area contributed by atoms with Crippen molar-refractivity contribution in [1.29, 1.82) is 0 Å². The van der Waals surface area contributed by atoms with E-state index in [0.717, 1.165) is 6.07 Å². The van der Waals surface area contributed by atoms with Crippen molar-refractivity contribution < 1.29 is 22.4 Å². The van der Waals surface area contributed by atoms with Gasteiger partial charge in [0.05, 0.1) is 5.56 Å². The Morgan fingerprint density at radius 3 is 2.41 bits per heavy atom. The van der Waals surface area contributed by atoms with Crippen molar-refractivity contribution in [2.24, 2.45) is 0 Å². The third-order valence-corrected chi connectivity index (χ3v) is 2.40. The average Bonchev–Trinajstić information content (AvgIpc) is 2.23. The van der Waals surface area contributed by atoms with Crippen molar-refractivity contribution in [3.05, 3.63) is 35.1 Å². The average molecular weight is 269 g/mol. The Labute approximate surface area is 100 Å². The Morgan fingerprint density at radius 2 is 1.94 bits per heavy atom. The highest BCUT2D eigenvalue weighted by atomic mass is 35.5. The van der Waals surface area contributed by atoms with Gasteiger partial charge in [0, 0.05) is 17.9 Å². The van der Waals surface area contributed by atoms with Gasteiger partial charge in [0.2, 0.25) is 0 Å². The van der Waals surface area contributed by atoms with Gasteiger partial charge >= 0.3 is 6.18 Å². The first-order chi connectivity index (χ1) is 7.86. The molecule has 0 saturated carbocycles. The molecule has 1 rings (SSSR count). The van der Waals surface area contributed by atoms with E-state index in [2.05, 4.69) is 0 Å². The number of carbonyl (C=O) groups excluding carboxylic acids is 1. The highest BCUT2D eigenvalue weighted by Gasteiger charge is 2.34. The summed E-state index contributed by atoms with van der Waals surface area (Å²) >= 11 is 5.37. The van der Waals surface area contributed by atoms with Gasteiger partial charge in [-0.3, -0.25) is 4.79 Å². The van der Waals surface area contributed by atoms with Crippen LogP contribution in [0, 0.1) is 5.82 Å². The largest absolute Gasteiger partial charge is 0.419 e. The first-order valence-electron chi connectivity index (χ1n) is 4.82. The molecule has 6 heteroatoms. The molecule has 94 valence electrons. The Hall–Kier alpha value is -1.10. The van der Waals surface area contributed by atoms with Crippen LogP contribution in [0.15, 0.2) is 18.2 Å². The number of rotatable bonds is 4. The van der Waals surface area contributed by atoms with E-state index >= 15 is 0 Å². The number of benzene rings is 1. The molecule has 0 atom stereocenters. The molecule has 0 heterocycles. The van der Waals surface area contributed by atoms with Crippen LogP contribution in [0.25, 0.3) is 0 Å². The summed E-state index contributed by atoms with van der Waals surface area (Å²) in [6.07, 6.45) is -4.25. The van der Waals surface area contributed by atoms with Crippen LogP contribution in [0.4, 0.5) is 17.6 Å². The number of carbonyl (C=O) groups is 1. The summed E-state index contributed by atoms with van der Waals surface area (Å²) in [6.45, 7) is 0. The summed E-state index contributed by atoms with van der Waals surface area (Å²) in [6, 6.07) is 2.16. The van der Waals surface area contributed by atoms with Crippen LogP contribution in [-0.4, -0.2) is 11.7 Å². The Bertz CT molecular complexity index is 414. The Kier molecular flexibility index (Phi) is 4.51. The zero-order chi connectivity index (χ0) is 13.1. The smallest absolute Gasteiger partial charge is 0.294 e. The predicted octanol–water partition coefficient (Wildman–Crippen LogP) is 4.05. The number of hydrogen-bond acceptors (Lipinski definition) is 1. The standard InChI is InChI=1S/C11H9ClF4O/c12-5-1-2-10(17)7-3-4-8(9(13)6-7)11(14,15)16/h3-4,6H,1-2,5H2. The summed E-state index contributed by atoms with van der Waals surface area (Å²) < 4.78 is 49.9. The van der Waals surface area contributed by atoms with Gasteiger partial charge in [-0.2, -0.15) is 13.2 Å². The van der Waals surface area contributed by atoms with E-state index < -0.39 is 23.3 Å². The van der Waals surface area contributed by atoms with E-state index in [0.29, 0.717) is 18.6 Å². The maximum atomic E-state index is 13.1. The quantitative estimate of drug-likeness (QED) is 0.457. The van der Waals surface area contributed by atoms with Crippen LogP contribution in [0.2, 0.25) is 0 Å². The lowest BCUT2D eigenvalue weighted by Crippen LogP contribution is -2.09. The van der Waals surface area contributed by atoms with Crippen molar-refractivity contribution in [2.75, 3.05) is 5.88 Å². The SMILES string of the molecule is O=C(CCCCl)c1ccc(C(F)(F)F)c(F)c1. The van der Waals surface area contributed by atoms with Crippen molar-refractivity contribution in [3.63, 3.8) is 0 Å². The molecule has 0 fully saturated rings. The molecule has 0 saturated heterocycles. The lowest BCUT2D eigenvalue weighted by Gasteiger charge is -2.08. The van der Waals surface area contributed by atoms with E-state index in [1.165, 1.54) is 0 Å². The molecule has 0 radical (unpaired) electrons. The van der Waals surface area contributed by atoms with Crippen LogP contribution in [0.3, 0.4) is 0 Å². The van der Waals surface area contributed by atoms with Crippen LogP contribution in [0.1, 0.15) is 28.8 Å². The fourth-order valence-electron chi connectivity index (χ4n) is 1.29. The highest BCUT2D eigenvalue weighted by molar-refractivity contribution is 6.18. The Balaban J connectivity index is 2.93. The Morgan fingerprint density at radius 1 is 1.29 bits per heavy atom. The molecular weight excluding hydrogens is 260 g/mol. The summed E-state index contributed by atoms with van der Waals surface area (Å²) in [5, 5.41) is 0. The second-order valence-corrected chi connectivity index (χ2v) is 3.79. The van der Waals surface area contributed by atoms with E-state index in [4.69, 9.17) is 11.6 Å². The molecular formula is C11H9ClF4O. The number of hydrogen-bond donors (Lipinski definition) is 0. The molecule has 1 aromatic rings. The van der Waals surface area contributed by atoms with Gasteiger partial charge in [-0.15, -0.1) is 11.6 Å². The molecule has 0 aliphatic heterocycles. The highest BCUT2D eigenvalue weighted by Crippen LogP contribution is 2.31. The zero-order valence-corrected chi connectivity index (χ0v) is 9.41. The number of alkyl halides is 4. The maximum absolute atomic E-state index is 13.1. The van der Waals surface area contributed by atoms with Crippen molar-refractivity contribution in [3.8, 4) is 0 Å². The number of Topliss-reactive ketones (excluding diaryl/α,β-unsaturated/α-hetero) is 1. The normalized spacial score (nSPS) is 11.6. The second-order valence-electron chi connectivity index (χ2n) is 3.41. The van der Waals surface area contributed by atoms with Crippen molar-refractivity contribution in [1.82, 2.24) is 0 Å². The van der Waals surface area contributed by atoms with Gasteiger partial charge in [0.25, 0.3) is 0 Å². The molecule has 17 heavy (non-hydrogen) atoms. The fraction of sp³-hybridized carbons (Fsp3) is 0.364. The number of ketones is 1. The lowest BCUT2D eigenvalue weighted by molar-refractivity contribution is -0.140. The first kappa shape index (κ1) is 14.0. The summed E-state index contributed by atoms with van der Waals surface area (Å²) in [7, 11) is 0. The van der Waals surface area contributed by atoms with Crippen LogP contribution < -0.4 is 0 Å². The van der Waals surface area contributed by atoms with Gasteiger partial charge in [-0.1, -0.05) is 6.07 Å². The third-order valence-electron chi connectivity index (χ3n) is 2.13. The molecule has 0 aliphatic rings. The maximum Gasteiger partial charge on any atom is 0.419 e. The minimum atomic E-state index is -4.75. The summed E-state index contributed by atoms with van der Waals surface area (Å²) in [4.78, 5) is 11.4. The fourth-order valence-corrected chi connectivity index (χ4v) is 1.42. The topological polar surface area (TPSA) is 17.1 Å². The summed E-state index contributed by atoms with van der Waals surface area (Å²) in [5.41, 5.74) is -1.44. The third kappa shape index (κ3) is 3.70. The molecule has 0 unspecified atom stereocenters. The van der Waals surface area contributed by atoms with E-state index in [1.807, 2.05) is 0 Å². The van der Waals surface area contributed by atoms with Crippen molar-refractivity contribution in [2.45, 2.75) is 19.0 Å². The van der Waals surface area contributed by atoms with E-state index in [1.54, 1.807) is 0 Å². The van der Waals surface area contributed by atoms with Crippen molar-refractivity contribution >= 4 is 17.4 Å². The van der Waals surface area contributed by atoms with E-state index in [9.17, 15) is 22.4 Å². The molecule has 1 aromatic carbocycles. The van der Waals surface area contributed by atoms with Crippen LogP contribution in [0.5, 0.6) is 0 Å². The molecule has 0 N–H and O–H groups in total. The first-order valence-corrected chi connectivity index (χ1v) is 5.35. The monoisotopic (exact) mass is 268 g/mol. The molecule has 0 spiro atoms. The minimum absolute atomic E-state index is 0.0689. The van der Waals surface area contributed by atoms with Crippen LogP contribution in [-0.2, 0) is 6.18 Å². The zero-order valence-electron chi connectivity index (χ0n) is 8.65. The van der Waals surface area contributed by atoms with Gasteiger partial charge in [-0.05, 0) is 18.6 Å². The minimum Gasteiger partial charge on any atom is -0.294 e. The van der Waals surface area contributed by atoms with Gasteiger partial charge in [-0.25, -0.2) is 4.39 Å². The van der Waals surface area contributed by atoms with Gasteiger partial charge in [0.15, 0.2) is 5.78 Å². The van der Waals surface area contributed by atoms with Gasteiger partial charge in [0.1, 0.15) is 5.82 Å². The van der Waals surface area contributed by atoms with Crippen LogP contribution >= 0.6 is 11.6 Å². The molecule has 0 aliphatic carbocycles. The van der Waals surface area contributed by atoms with Gasteiger partial charge < -0.3 is 0 Å². The molecule has 0 aromatic heterocycles. The molecule has 1 nitrogen and oxygen atoms in total. The predicted molar refractivity (Wildman–Crippen MR) is 55.7 cm³/mol. The molecule has 0 bridgehead atoms. The lowest BCUT2D eigenvalue weighted by atomic mass is 10.0. The van der Waals surface area contributed by atoms with E-state index in [-0.39, 0.29) is 17.9 Å². The number of halogens is 5. The summed E-state index contributed by atoms with van der Waals surface area (Å²) in [5.74, 6) is -1.58. The molecule has 0 amide bonds.